The summed E-state index contributed by atoms with van der Waals surface area (Å²) in [5, 5.41) is 9.17. The average molecular weight is 303 g/mol. The summed E-state index contributed by atoms with van der Waals surface area (Å²) in [7, 11) is 0. The highest BCUT2D eigenvalue weighted by Crippen LogP contribution is 2.18. The van der Waals surface area contributed by atoms with Crippen molar-refractivity contribution in [1.82, 2.24) is 0 Å². The van der Waals surface area contributed by atoms with E-state index in [4.69, 9.17) is 22.3 Å². The van der Waals surface area contributed by atoms with Crippen LogP contribution in [0.5, 0.6) is 0 Å². The second-order valence-electron chi connectivity index (χ2n) is 4.69. The molecule has 0 heterocycles. The van der Waals surface area contributed by atoms with E-state index in [0.717, 1.165) is 5.56 Å². The lowest BCUT2D eigenvalue weighted by Gasteiger charge is -2.08. The molecule has 0 radical (unpaired) electrons. The molecule has 0 aliphatic carbocycles. The summed E-state index contributed by atoms with van der Waals surface area (Å²) in [6.45, 7) is 4.23. The number of carboxylic acid groups (broad SMARTS) is 1. The lowest BCUT2D eigenvalue weighted by molar-refractivity contribution is -0.138. The number of aliphatic carboxylic acids is 1. The van der Waals surface area contributed by atoms with Crippen LogP contribution in [0.3, 0.4) is 0 Å². The summed E-state index contributed by atoms with van der Waals surface area (Å²) < 4.78 is 0. The number of hydrogen-bond donors (Lipinski definition) is 4. The molecule has 7 nitrogen and oxygen atoms in total. The van der Waals surface area contributed by atoms with Gasteiger partial charge in [0.05, 0.1) is 0 Å². The highest BCUT2D eigenvalue weighted by molar-refractivity contribution is 6.11. The van der Waals surface area contributed by atoms with Gasteiger partial charge in [0.1, 0.15) is 6.04 Å². The SMILES string of the molecule is C=C(C=NC(CCCN=C(N)N)C(=O)O)c1ccccc1N. The van der Waals surface area contributed by atoms with E-state index in [1.807, 2.05) is 12.1 Å². The fourth-order valence-electron chi connectivity index (χ4n) is 1.79. The highest BCUT2D eigenvalue weighted by Gasteiger charge is 2.14. The predicted octanol–water partition coefficient (Wildman–Crippen LogP) is 0.860. The monoisotopic (exact) mass is 303 g/mol. The molecule has 7 heteroatoms. The first-order valence-electron chi connectivity index (χ1n) is 6.77. The molecule has 0 amide bonds. The molecule has 1 aromatic rings. The Morgan fingerprint density at radius 3 is 2.64 bits per heavy atom. The minimum absolute atomic E-state index is 0.0108. The number of para-hydroxylation sites is 1. The maximum Gasteiger partial charge on any atom is 0.328 e. The lowest BCUT2D eigenvalue weighted by atomic mass is 10.1. The van der Waals surface area contributed by atoms with E-state index in [1.165, 1.54) is 6.21 Å². The van der Waals surface area contributed by atoms with Crippen molar-refractivity contribution in [3.05, 3.63) is 36.4 Å². The summed E-state index contributed by atoms with van der Waals surface area (Å²) in [5.74, 6) is -1.02. The van der Waals surface area contributed by atoms with Crippen LogP contribution in [0.2, 0.25) is 0 Å². The molecular weight excluding hydrogens is 282 g/mol. The minimum atomic E-state index is -1.00. The van der Waals surface area contributed by atoms with Gasteiger partial charge in [0.15, 0.2) is 5.96 Å². The van der Waals surface area contributed by atoms with Crippen LogP contribution in [-0.4, -0.2) is 35.8 Å². The fourth-order valence-corrected chi connectivity index (χ4v) is 1.79. The van der Waals surface area contributed by atoms with E-state index in [0.29, 0.717) is 30.6 Å². The van der Waals surface area contributed by atoms with E-state index in [2.05, 4.69) is 16.6 Å². The van der Waals surface area contributed by atoms with Crippen molar-refractivity contribution in [1.29, 1.82) is 0 Å². The van der Waals surface area contributed by atoms with Crippen molar-refractivity contribution < 1.29 is 9.90 Å². The van der Waals surface area contributed by atoms with Gasteiger partial charge in [0.2, 0.25) is 0 Å². The van der Waals surface area contributed by atoms with Crippen molar-refractivity contribution in [3.63, 3.8) is 0 Å². The van der Waals surface area contributed by atoms with Crippen LogP contribution >= 0.6 is 0 Å². The Balaban J connectivity index is 2.66. The minimum Gasteiger partial charge on any atom is -0.480 e. The highest BCUT2D eigenvalue weighted by atomic mass is 16.4. The van der Waals surface area contributed by atoms with Crippen LogP contribution in [0.4, 0.5) is 5.69 Å². The summed E-state index contributed by atoms with van der Waals surface area (Å²) in [5.41, 5.74) is 18.1. The zero-order valence-electron chi connectivity index (χ0n) is 12.3. The Kier molecular flexibility index (Phi) is 6.62. The van der Waals surface area contributed by atoms with Gasteiger partial charge in [-0.25, -0.2) is 4.79 Å². The van der Waals surface area contributed by atoms with Crippen molar-refractivity contribution in [3.8, 4) is 0 Å². The summed E-state index contributed by atoms with van der Waals surface area (Å²) in [6.07, 6.45) is 2.29. The van der Waals surface area contributed by atoms with E-state index in [-0.39, 0.29) is 5.96 Å². The largest absolute Gasteiger partial charge is 0.480 e. The number of allylic oxidation sites excluding steroid dienone is 1. The summed E-state index contributed by atoms with van der Waals surface area (Å²) in [6, 6.07) is 6.33. The standard InChI is InChI=1S/C15H21N5O2/c1-10(11-5-2-3-6-12(11)16)9-20-13(14(21)22)7-4-8-19-15(17)18/h2-3,5-6,9,13H,1,4,7-8,16H2,(H,21,22)(H4,17,18,19). The average Bonchev–Trinajstić information content (AvgIpc) is 2.45. The van der Waals surface area contributed by atoms with Crippen LogP contribution in [0.1, 0.15) is 18.4 Å². The van der Waals surface area contributed by atoms with E-state index in [9.17, 15) is 4.79 Å². The maximum atomic E-state index is 11.2. The third-order valence-corrected chi connectivity index (χ3v) is 2.93. The molecule has 0 bridgehead atoms. The molecular formula is C15H21N5O2. The smallest absolute Gasteiger partial charge is 0.328 e. The first kappa shape index (κ1) is 17.2. The molecule has 7 N–H and O–H groups in total. The number of nitrogens with two attached hydrogens (primary N) is 3. The topological polar surface area (TPSA) is 140 Å². The van der Waals surface area contributed by atoms with Crippen LogP contribution in [-0.2, 0) is 4.79 Å². The third-order valence-electron chi connectivity index (χ3n) is 2.93. The van der Waals surface area contributed by atoms with Crippen molar-refractivity contribution in [2.75, 3.05) is 12.3 Å². The third kappa shape index (κ3) is 5.66. The van der Waals surface area contributed by atoms with Gasteiger partial charge in [-0.3, -0.25) is 9.98 Å². The van der Waals surface area contributed by atoms with Gasteiger partial charge in [0, 0.05) is 24.0 Å². The number of aliphatic imine (C=N–C) groups is 2. The predicted molar refractivity (Wildman–Crippen MR) is 89.7 cm³/mol. The first-order valence-corrected chi connectivity index (χ1v) is 6.77. The number of hydrogen-bond acceptors (Lipinski definition) is 4. The molecule has 0 spiro atoms. The number of carbonyl (C=O) groups is 1. The Labute approximate surface area is 129 Å². The Hall–Kier alpha value is -2.83. The number of rotatable bonds is 8. The van der Waals surface area contributed by atoms with Gasteiger partial charge >= 0.3 is 5.97 Å². The molecule has 0 aromatic heterocycles. The van der Waals surface area contributed by atoms with Crippen molar-refractivity contribution >= 4 is 29.4 Å². The number of guanidine groups is 1. The molecule has 1 aromatic carbocycles. The quantitative estimate of drug-likeness (QED) is 0.244. The zero-order valence-corrected chi connectivity index (χ0v) is 12.3. The van der Waals surface area contributed by atoms with Gasteiger partial charge in [-0.1, -0.05) is 24.8 Å². The second-order valence-corrected chi connectivity index (χ2v) is 4.69. The van der Waals surface area contributed by atoms with Crippen LogP contribution in [0, 0.1) is 0 Å². The van der Waals surface area contributed by atoms with Gasteiger partial charge in [-0.05, 0) is 24.5 Å². The van der Waals surface area contributed by atoms with Crippen molar-refractivity contribution in [2.45, 2.75) is 18.9 Å². The molecule has 0 fully saturated rings. The number of carboxylic acids is 1. The molecule has 118 valence electrons. The number of anilines is 1. The molecule has 1 rings (SSSR count). The van der Waals surface area contributed by atoms with Crippen molar-refractivity contribution in [2.24, 2.45) is 21.5 Å². The number of benzene rings is 1. The molecule has 22 heavy (non-hydrogen) atoms. The van der Waals surface area contributed by atoms with Gasteiger partial charge in [0.25, 0.3) is 0 Å². The summed E-state index contributed by atoms with van der Waals surface area (Å²) in [4.78, 5) is 19.1. The summed E-state index contributed by atoms with van der Waals surface area (Å²) >= 11 is 0. The van der Waals surface area contributed by atoms with Gasteiger partial charge < -0.3 is 22.3 Å². The molecule has 1 unspecified atom stereocenters. The normalized spacial score (nSPS) is 12.0. The fraction of sp³-hybridized carbons (Fsp3) is 0.267. The lowest BCUT2D eigenvalue weighted by Crippen LogP contribution is -2.23. The number of nitrogens with zero attached hydrogens (tertiary/aromatic N) is 2. The van der Waals surface area contributed by atoms with E-state index in [1.54, 1.807) is 12.1 Å². The van der Waals surface area contributed by atoms with E-state index < -0.39 is 12.0 Å². The second kappa shape index (κ2) is 8.46. The number of nitrogen functional groups attached to an aromatic ring is 1. The molecule has 0 aliphatic heterocycles. The molecule has 1 atom stereocenters. The van der Waals surface area contributed by atoms with Gasteiger partial charge in [-0.2, -0.15) is 0 Å². The van der Waals surface area contributed by atoms with E-state index >= 15 is 0 Å². The van der Waals surface area contributed by atoms with Crippen LogP contribution < -0.4 is 17.2 Å². The first-order chi connectivity index (χ1) is 10.4. The van der Waals surface area contributed by atoms with Crippen LogP contribution in [0.15, 0.2) is 40.8 Å². The Morgan fingerprint density at radius 2 is 2.05 bits per heavy atom. The molecule has 0 aliphatic rings. The Bertz CT molecular complexity index is 591. The molecule has 0 saturated heterocycles. The van der Waals surface area contributed by atoms with Crippen LogP contribution in [0.25, 0.3) is 5.57 Å². The maximum absolute atomic E-state index is 11.2. The Morgan fingerprint density at radius 1 is 1.36 bits per heavy atom. The molecule has 0 saturated carbocycles. The van der Waals surface area contributed by atoms with Gasteiger partial charge in [-0.15, -0.1) is 0 Å². The zero-order chi connectivity index (χ0) is 16.5.